The van der Waals surface area contributed by atoms with Gasteiger partial charge in [-0.1, -0.05) is 17.7 Å². The van der Waals surface area contributed by atoms with E-state index in [4.69, 9.17) is 4.74 Å². The van der Waals surface area contributed by atoms with Crippen LogP contribution in [0.5, 0.6) is 11.5 Å². The van der Waals surface area contributed by atoms with E-state index in [1.165, 1.54) is 34.7 Å². The summed E-state index contributed by atoms with van der Waals surface area (Å²) in [5, 5.41) is 0. The van der Waals surface area contributed by atoms with Gasteiger partial charge in [0.25, 0.3) is 0 Å². The molecule has 0 N–H and O–H groups in total. The predicted molar refractivity (Wildman–Crippen MR) is 70.2 cm³/mol. The first-order valence-corrected chi connectivity index (χ1v) is 6.25. The van der Waals surface area contributed by atoms with Crippen molar-refractivity contribution in [2.75, 3.05) is 0 Å². The van der Waals surface area contributed by atoms with Crippen LogP contribution in [0.15, 0.2) is 24.3 Å². The second-order valence-electron chi connectivity index (χ2n) is 3.81. The van der Waals surface area contributed by atoms with Crippen LogP contribution in [-0.2, 0) is 0 Å². The van der Waals surface area contributed by atoms with E-state index in [9.17, 15) is 17.6 Å². The molecule has 0 amide bonds. The zero-order valence-electron chi connectivity index (χ0n) is 9.61. The minimum absolute atomic E-state index is 0.0865. The fourth-order valence-corrected chi connectivity index (χ4v) is 1.87. The standard InChI is InChI=1S/C13H7F4IO/c1-6-2-4-7(5-3-6)19-13-10(16)8(14)12(18)9(15)11(13)17/h2-5H,1H3. The van der Waals surface area contributed by atoms with E-state index in [0.717, 1.165) is 5.56 Å². The van der Waals surface area contributed by atoms with Gasteiger partial charge >= 0.3 is 0 Å². The molecule has 2 rings (SSSR count). The highest BCUT2D eigenvalue weighted by molar-refractivity contribution is 14.1. The zero-order chi connectivity index (χ0) is 14.2. The Kier molecular flexibility index (Phi) is 3.98. The summed E-state index contributed by atoms with van der Waals surface area (Å²) in [6.07, 6.45) is 0. The number of halogens is 5. The molecule has 0 spiro atoms. The van der Waals surface area contributed by atoms with Crippen molar-refractivity contribution < 1.29 is 22.3 Å². The molecule has 0 unspecified atom stereocenters. The SMILES string of the molecule is Cc1ccc(Oc2c(F)c(F)c(I)c(F)c2F)cc1. The van der Waals surface area contributed by atoms with Gasteiger partial charge in [0.05, 0.1) is 3.57 Å². The molecule has 0 radical (unpaired) electrons. The average Bonchev–Trinajstić information content (AvgIpc) is 2.41. The largest absolute Gasteiger partial charge is 0.451 e. The van der Waals surface area contributed by atoms with Gasteiger partial charge in [-0.25, -0.2) is 8.78 Å². The van der Waals surface area contributed by atoms with Gasteiger partial charge in [0.2, 0.25) is 17.4 Å². The third kappa shape index (κ3) is 2.68. The van der Waals surface area contributed by atoms with Crippen LogP contribution in [-0.4, -0.2) is 0 Å². The van der Waals surface area contributed by atoms with Crippen LogP contribution >= 0.6 is 22.6 Å². The maximum atomic E-state index is 13.6. The van der Waals surface area contributed by atoms with Crippen LogP contribution < -0.4 is 4.74 Å². The first-order chi connectivity index (χ1) is 8.91. The Bertz CT molecular complexity index is 597. The van der Waals surface area contributed by atoms with E-state index in [0.29, 0.717) is 0 Å². The minimum atomic E-state index is -1.55. The van der Waals surface area contributed by atoms with Gasteiger partial charge in [0.15, 0.2) is 11.6 Å². The molecule has 2 aromatic rings. The molecular weight excluding hydrogens is 375 g/mol. The topological polar surface area (TPSA) is 9.23 Å². The van der Waals surface area contributed by atoms with E-state index in [1.54, 1.807) is 12.1 Å². The molecule has 0 saturated heterocycles. The third-order valence-electron chi connectivity index (χ3n) is 2.41. The van der Waals surface area contributed by atoms with E-state index < -0.39 is 32.6 Å². The van der Waals surface area contributed by atoms with Crippen LogP contribution in [0.3, 0.4) is 0 Å². The van der Waals surface area contributed by atoms with Crippen LogP contribution in [0.25, 0.3) is 0 Å². The Balaban J connectivity index is 2.48. The molecule has 1 nitrogen and oxygen atoms in total. The molecule has 100 valence electrons. The average molecular weight is 382 g/mol. The lowest BCUT2D eigenvalue weighted by Crippen LogP contribution is -2.03. The summed E-state index contributed by atoms with van der Waals surface area (Å²) in [4.78, 5) is 0. The molecule has 0 aromatic heterocycles. The van der Waals surface area contributed by atoms with Crippen molar-refractivity contribution in [1.82, 2.24) is 0 Å². The first-order valence-electron chi connectivity index (χ1n) is 5.17. The third-order valence-corrected chi connectivity index (χ3v) is 3.36. The van der Waals surface area contributed by atoms with E-state index in [-0.39, 0.29) is 5.75 Å². The van der Waals surface area contributed by atoms with E-state index in [2.05, 4.69) is 0 Å². The maximum Gasteiger partial charge on any atom is 0.205 e. The molecule has 0 heterocycles. The lowest BCUT2D eigenvalue weighted by Gasteiger charge is -2.10. The molecule has 0 aliphatic rings. The highest BCUT2D eigenvalue weighted by atomic mass is 127. The Morgan fingerprint density at radius 1 is 0.842 bits per heavy atom. The van der Waals surface area contributed by atoms with Crippen LogP contribution in [0.2, 0.25) is 0 Å². The number of rotatable bonds is 2. The summed E-state index contributed by atoms with van der Waals surface area (Å²) in [5.74, 6) is -7.04. The van der Waals surface area contributed by atoms with E-state index >= 15 is 0 Å². The quantitative estimate of drug-likeness (QED) is 0.309. The number of benzene rings is 2. The van der Waals surface area contributed by atoms with Crippen LogP contribution in [0.1, 0.15) is 5.56 Å². The number of aryl methyl sites for hydroxylation is 1. The molecule has 6 heteroatoms. The highest BCUT2D eigenvalue weighted by Crippen LogP contribution is 2.33. The highest BCUT2D eigenvalue weighted by Gasteiger charge is 2.25. The Morgan fingerprint density at radius 2 is 1.32 bits per heavy atom. The summed E-state index contributed by atoms with van der Waals surface area (Å²) in [6.45, 7) is 1.81. The molecule has 0 atom stereocenters. The van der Waals surface area contributed by atoms with Gasteiger partial charge in [-0.3, -0.25) is 0 Å². The smallest absolute Gasteiger partial charge is 0.205 e. The van der Waals surface area contributed by atoms with Crippen molar-refractivity contribution >= 4 is 22.6 Å². The Labute approximate surface area is 120 Å². The number of hydrogen-bond donors (Lipinski definition) is 0. The van der Waals surface area contributed by atoms with Crippen molar-refractivity contribution in [3.63, 3.8) is 0 Å². The lowest BCUT2D eigenvalue weighted by atomic mass is 10.2. The molecule has 0 bridgehead atoms. The van der Waals surface area contributed by atoms with Crippen molar-refractivity contribution in [2.45, 2.75) is 6.92 Å². The monoisotopic (exact) mass is 382 g/mol. The lowest BCUT2D eigenvalue weighted by molar-refractivity contribution is 0.362. The molecular formula is C13H7F4IO. The second-order valence-corrected chi connectivity index (χ2v) is 4.89. The first kappa shape index (κ1) is 14.1. The summed E-state index contributed by atoms with van der Waals surface area (Å²) < 4.78 is 57.9. The molecule has 2 aromatic carbocycles. The number of ether oxygens (including phenoxy) is 1. The summed E-state index contributed by atoms with van der Waals surface area (Å²) in [5.41, 5.74) is 0.910. The van der Waals surface area contributed by atoms with Gasteiger partial charge in [-0.05, 0) is 41.6 Å². The van der Waals surface area contributed by atoms with Gasteiger partial charge in [-0.2, -0.15) is 8.78 Å². The Hall–Kier alpha value is -1.31. The minimum Gasteiger partial charge on any atom is -0.451 e. The van der Waals surface area contributed by atoms with Gasteiger partial charge in [0, 0.05) is 0 Å². The van der Waals surface area contributed by atoms with Gasteiger partial charge < -0.3 is 4.74 Å². The second kappa shape index (κ2) is 5.36. The zero-order valence-corrected chi connectivity index (χ0v) is 11.8. The van der Waals surface area contributed by atoms with Crippen molar-refractivity contribution in [3.8, 4) is 11.5 Å². The summed E-state index contributed by atoms with van der Waals surface area (Å²) in [7, 11) is 0. The van der Waals surface area contributed by atoms with Gasteiger partial charge in [-0.15, -0.1) is 0 Å². The molecule has 0 fully saturated rings. The maximum absolute atomic E-state index is 13.6. The normalized spacial score (nSPS) is 10.6. The predicted octanol–water partition coefficient (Wildman–Crippen LogP) is 4.95. The fourth-order valence-electron chi connectivity index (χ4n) is 1.40. The van der Waals surface area contributed by atoms with E-state index in [1.807, 2.05) is 6.92 Å². The number of hydrogen-bond acceptors (Lipinski definition) is 1. The molecule has 0 aliphatic heterocycles. The molecule has 0 aliphatic carbocycles. The Morgan fingerprint density at radius 3 is 1.79 bits per heavy atom. The summed E-state index contributed by atoms with van der Waals surface area (Å²) >= 11 is 1.19. The van der Waals surface area contributed by atoms with Gasteiger partial charge in [0.1, 0.15) is 5.75 Å². The summed E-state index contributed by atoms with van der Waals surface area (Å²) in [6, 6.07) is 6.18. The van der Waals surface area contributed by atoms with Crippen molar-refractivity contribution in [1.29, 1.82) is 0 Å². The van der Waals surface area contributed by atoms with Crippen molar-refractivity contribution in [3.05, 3.63) is 56.7 Å². The van der Waals surface area contributed by atoms with Crippen molar-refractivity contribution in [2.24, 2.45) is 0 Å². The van der Waals surface area contributed by atoms with Crippen LogP contribution in [0, 0.1) is 33.8 Å². The molecule has 0 saturated carbocycles. The fraction of sp³-hybridized carbons (Fsp3) is 0.0769. The molecule has 19 heavy (non-hydrogen) atoms. The van der Waals surface area contributed by atoms with Crippen LogP contribution in [0.4, 0.5) is 17.6 Å².